The van der Waals surface area contributed by atoms with Gasteiger partial charge in [0, 0.05) is 31.3 Å². The average Bonchev–Trinajstić information content (AvgIpc) is 2.98. The molecule has 1 heterocycles. The number of aromatic nitrogens is 2. The van der Waals surface area contributed by atoms with E-state index in [2.05, 4.69) is 34.7 Å². The van der Waals surface area contributed by atoms with Gasteiger partial charge in [0.2, 0.25) is 5.91 Å². The summed E-state index contributed by atoms with van der Waals surface area (Å²) in [6.45, 7) is 8.05. The maximum absolute atomic E-state index is 13.1. The van der Waals surface area contributed by atoms with E-state index in [0.717, 1.165) is 39.5 Å². The van der Waals surface area contributed by atoms with Gasteiger partial charge in [0.05, 0.1) is 23.7 Å². The van der Waals surface area contributed by atoms with Crippen LogP contribution in [0.15, 0.2) is 47.6 Å². The fourth-order valence-corrected chi connectivity index (χ4v) is 4.30. The number of hydrogen-bond acceptors (Lipinski definition) is 4. The number of hydrogen-bond donors (Lipinski definition) is 0. The third-order valence-electron chi connectivity index (χ3n) is 4.94. The minimum Gasteiger partial charge on any atom is -0.383 e. The highest BCUT2D eigenvalue weighted by Crippen LogP contribution is 2.28. The van der Waals surface area contributed by atoms with Crippen molar-refractivity contribution in [3.63, 3.8) is 0 Å². The van der Waals surface area contributed by atoms with Gasteiger partial charge >= 0.3 is 0 Å². The Kier molecular flexibility index (Phi) is 6.75. The van der Waals surface area contributed by atoms with Crippen molar-refractivity contribution in [2.75, 3.05) is 30.9 Å². The first-order valence-corrected chi connectivity index (χ1v) is 10.5. The molecule has 0 unspecified atom stereocenters. The molecule has 0 atom stereocenters. The van der Waals surface area contributed by atoms with Crippen LogP contribution in [-0.4, -0.2) is 41.5 Å². The number of fused-ring (bicyclic) bond motifs is 1. The molecule has 28 heavy (non-hydrogen) atoms. The van der Waals surface area contributed by atoms with Crippen molar-refractivity contribution in [1.29, 1.82) is 0 Å². The van der Waals surface area contributed by atoms with Gasteiger partial charge in [0.15, 0.2) is 5.16 Å². The highest BCUT2D eigenvalue weighted by molar-refractivity contribution is 7.99. The summed E-state index contributed by atoms with van der Waals surface area (Å²) in [5.41, 5.74) is 3.07. The van der Waals surface area contributed by atoms with Crippen LogP contribution in [0.2, 0.25) is 0 Å². The van der Waals surface area contributed by atoms with Gasteiger partial charge in [-0.05, 0) is 32.2 Å². The van der Waals surface area contributed by atoms with E-state index in [1.54, 1.807) is 7.11 Å². The summed E-state index contributed by atoms with van der Waals surface area (Å²) in [6.07, 6.45) is 0. The lowest BCUT2D eigenvalue weighted by Gasteiger charge is -2.22. The van der Waals surface area contributed by atoms with Gasteiger partial charge in [-0.25, -0.2) is 4.98 Å². The van der Waals surface area contributed by atoms with Crippen LogP contribution in [0.1, 0.15) is 18.3 Å². The maximum atomic E-state index is 13.1. The Balaban J connectivity index is 1.79. The Labute approximate surface area is 170 Å². The van der Waals surface area contributed by atoms with E-state index >= 15 is 0 Å². The zero-order valence-electron chi connectivity index (χ0n) is 16.9. The summed E-state index contributed by atoms with van der Waals surface area (Å²) in [4.78, 5) is 19.6. The monoisotopic (exact) mass is 397 g/mol. The molecule has 1 amide bonds. The normalized spacial score (nSPS) is 11.1. The second-order valence-corrected chi connectivity index (χ2v) is 7.58. The smallest absolute Gasteiger partial charge is 0.237 e. The molecule has 5 nitrogen and oxygen atoms in total. The Morgan fingerprint density at radius 3 is 2.68 bits per heavy atom. The molecule has 0 saturated carbocycles. The van der Waals surface area contributed by atoms with Crippen molar-refractivity contribution < 1.29 is 9.53 Å². The largest absolute Gasteiger partial charge is 0.383 e. The summed E-state index contributed by atoms with van der Waals surface area (Å²) in [6, 6.07) is 14.3. The summed E-state index contributed by atoms with van der Waals surface area (Å²) in [7, 11) is 1.69. The van der Waals surface area contributed by atoms with E-state index < -0.39 is 0 Å². The third kappa shape index (κ3) is 4.23. The van der Waals surface area contributed by atoms with Crippen molar-refractivity contribution in [2.24, 2.45) is 0 Å². The number of nitrogens with zero attached hydrogens (tertiary/aromatic N) is 3. The fraction of sp³-hybridized carbons (Fsp3) is 0.364. The van der Waals surface area contributed by atoms with E-state index in [1.165, 1.54) is 11.8 Å². The molecule has 0 aliphatic heterocycles. The number of amides is 1. The lowest BCUT2D eigenvalue weighted by atomic mass is 10.1. The summed E-state index contributed by atoms with van der Waals surface area (Å²) in [5.74, 6) is 0.431. The number of carbonyl (C=O) groups excluding carboxylic acids is 1. The van der Waals surface area contributed by atoms with Crippen molar-refractivity contribution >= 4 is 34.1 Å². The molecule has 3 rings (SSSR count). The number of methoxy groups -OCH3 is 1. The van der Waals surface area contributed by atoms with Gasteiger partial charge in [-0.3, -0.25) is 4.79 Å². The highest BCUT2D eigenvalue weighted by Gasteiger charge is 2.19. The van der Waals surface area contributed by atoms with Crippen LogP contribution < -0.4 is 4.90 Å². The van der Waals surface area contributed by atoms with Crippen LogP contribution in [0.5, 0.6) is 0 Å². The van der Waals surface area contributed by atoms with Crippen LogP contribution in [0, 0.1) is 13.8 Å². The zero-order chi connectivity index (χ0) is 20.1. The van der Waals surface area contributed by atoms with Gasteiger partial charge in [-0.1, -0.05) is 48.2 Å². The maximum Gasteiger partial charge on any atom is 0.237 e. The number of rotatable bonds is 8. The van der Waals surface area contributed by atoms with Crippen LogP contribution in [0.25, 0.3) is 10.8 Å². The molecule has 0 bridgehead atoms. The predicted octanol–water partition coefficient (Wildman–Crippen LogP) is 4.44. The molecule has 0 fully saturated rings. The van der Waals surface area contributed by atoms with E-state index in [1.807, 2.05) is 43.0 Å². The highest BCUT2D eigenvalue weighted by atomic mass is 32.2. The number of ether oxygens (including phenoxy) is 1. The van der Waals surface area contributed by atoms with Crippen molar-refractivity contribution in [3.8, 4) is 0 Å². The molecule has 0 N–H and O–H groups in total. The second-order valence-electron chi connectivity index (χ2n) is 6.63. The van der Waals surface area contributed by atoms with Crippen LogP contribution in [0.4, 0.5) is 5.69 Å². The van der Waals surface area contributed by atoms with Crippen molar-refractivity contribution in [1.82, 2.24) is 9.55 Å². The van der Waals surface area contributed by atoms with Crippen molar-refractivity contribution in [2.45, 2.75) is 32.5 Å². The Hall–Kier alpha value is -2.31. The Morgan fingerprint density at radius 1 is 1.18 bits per heavy atom. The lowest BCUT2D eigenvalue weighted by molar-refractivity contribution is -0.116. The predicted molar refractivity (Wildman–Crippen MR) is 116 cm³/mol. The molecule has 6 heteroatoms. The summed E-state index contributed by atoms with van der Waals surface area (Å²) in [5, 5.41) is 3.10. The molecule has 148 valence electrons. The first kappa shape index (κ1) is 20.4. The average molecular weight is 398 g/mol. The quantitative estimate of drug-likeness (QED) is 0.527. The molecule has 3 aromatic rings. The van der Waals surface area contributed by atoms with E-state index in [0.29, 0.717) is 18.9 Å². The van der Waals surface area contributed by atoms with E-state index in [4.69, 9.17) is 4.74 Å². The number of benzene rings is 2. The first-order valence-electron chi connectivity index (χ1n) is 9.50. The molecule has 0 radical (unpaired) electrons. The molecule has 2 aromatic carbocycles. The molecular formula is C22H27N3O2S. The van der Waals surface area contributed by atoms with E-state index in [9.17, 15) is 4.79 Å². The van der Waals surface area contributed by atoms with Gasteiger partial charge < -0.3 is 14.2 Å². The fourth-order valence-electron chi connectivity index (χ4n) is 3.31. The van der Waals surface area contributed by atoms with Gasteiger partial charge in [0.25, 0.3) is 0 Å². The Morgan fingerprint density at radius 2 is 1.93 bits per heavy atom. The third-order valence-corrected chi connectivity index (χ3v) is 5.90. The number of carbonyl (C=O) groups is 1. The first-order chi connectivity index (χ1) is 13.6. The molecule has 1 aromatic heterocycles. The number of anilines is 1. The number of imidazole rings is 1. The molecule has 0 aliphatic carbocycles. The van der Waals surface area contributed by atoms with Gasteiger partial charge in [0.1, 0.15) is 0 Å². The second kappa shape index (κ2) is 9.26. The minimum atomic E-state index is 0.0838. The minimum absolute atomic E-state index is 0.0838. The van der Waals surface area contributed by atoms with Gasteiger partial charge in [-0.15, -0.1) is 0 Å². The zero-order valence-corrected chi connectivity index (χ0v) is 17.8. The van der Waals surface area contributed by atoms with Crippen LogP contribution in [-0.2, 0) is 16.1 Å². The topological polar surface area (TPSA) is 47.4 Å². The lowest BCUT2D eigenvalue weighted by Crippen LogP contribution is -2.32. The van der Waals surface area contributed by atoms with E-state index in [-0.39, 0.29) is 5.91 Å². The SMILES string of the molecule is CCN(C(=O)CSc1nc(C)c(C)n1CCOC)c1cccc2ccccc12. The molecule has 0 aliphatic rings. The van der Waals surface area contributed by atoms with Crippen molar-refractivity contribution in [3.05, 3.63) is 53.9 Å². The molecule has 0 spiro atoms. The summed E-state index contributed by atoms with van der Waals surface area (Å²) < 4.78 is 7.34. The number of thioether (sulfide) groups is 1. The van der Waals surface area contributed by atoms with Crippen LogP contribution in [0.3, 0.4) is 0 Å². The number of aryl methyl sites for hydroxylation is 1. The molecular weight excluding hydrogens is 370 g/mol. The van der Waals surface area contributed by atoms with Crippen LogP contribution >= 0.6 is 11.8 Å². The summed E-state index contributed by atoms with van der Waals surface area (Å²) >= 11 is 1.49. The molecule has 0 saturated heterocycles. The standard InChI is InChI=1S/C22H27N3O2S/c1-5-24(20-12-8-10-18-9-6-7-11-19(18)20)21(26)15-28-22-23-16(2)17(3)25(22)13-14-27-4/h6-12H,5,13-15H2,1-4H3. The van der Waals surface area contributed by atoms with Gasteiger partial charge in [-0.2, -0.15) is 0 Å². The Bertz CT molecular complexity index is 962.